The normalized spacial score (nSPS) is 24.6. The number of ether oxygens (including phenoxy) is 2. The number of nitrogens with zero attached hydrogens (tertiary/aromatic N) is 1. The lowest BCUT2D eigenvalue weighted by Gasteiger charge is -2.34. The minimum atomic E-state index is -1.25. The molecule has 1 rings (SSSR count). The van der Waals surface area contributed by atoms with Crippen molar-refractivity contribution in [2.24, 2.45) is 5.92 Å². The van der Waals surface area contributed by atoms with Crippen LogP contribution in [0.15, 0.2) is 0 Å². The van der Waals surface area contributed by atoms with E-state index in [9.17, 15) is 9.59 Å². The molecule has 1 aliphatic rings. The van der Waals surface area contributed by atoms with Crippen LogP contribution in [0, 0.1) is 5.92 Å². The van der Waals surface area contributed by atoms with Crippen molar-refractivity contribution in [1.29, 1.82) is 0 Å². The van der Waals surface area contributed by atoms with Crippen molar-refractivity contribution in [1.82, 2.24) is 10.2 Å². The van der Waals surface area contributed by atoms with Gasteiger partial charge in [-0.3, -0.25) is 0 Å². The number of hydrogen-bond acceptors (Lipinski definition) is 4. The SMILES string of the molecule is C[C@@H]1C[C@@H](C[C@@H](CN(C)C(=O)OCC[Si](C)(C)C)NC(=O)O)C[C@H](C)O1. The van der Waals surface area contributed by atoms with Gasteiger partial charge in [0, 0.05) is 21.7 Å². The van der Waals surface area contributed by atoms with Crippen LogP contribution in [0.1, 0.15) is 33.1 Å². The quantitative estimate of drug-likeness (QED) is 0.620. The number of amides is 2. The zero-order valence-corrected chi connectivity index (χ0v) is 18.1. The van der Waals surface area contributed by atoms with E-state index in [1.807, 2.05) is 13.8 Å². The highest BCUT2D eigenvalue weighted by Gasteiger charge is 2.28. The summed E-state index contributed by atoms with van der Waals surface area (Å²) >= 11 is 0. The van der Waals surface area contributed by atoms with Gasteiger partial charge in [-0.1, -0.05) is 19.6 Å². The highest BCUT2D eigenvalue weighted by Crippen LogP contribution is 2.28. The Morgan fingerprint density at radius 2 is 1.85 bits per heavy atom. The van der Waals surface area contributed by atoms with Gasteiger partial charge in [-0.2, -0.15) is 0 Å². The molecule has 0 spiro atoms. The summed E-state index contributed by atoms with van der Waals surface area (Å²) in [5, 5.41) is 11.7. The minimum absolute atomic E-state index is 0.179. The third-order valence-corrected chi connectivity index (χ3v) is 6.33. The Kier molecular flexibility index (Phi) is 8.89. The zero-order valence-electron chi connectivity index (χ0n) is 17.1. The van der Waals surface area contributed by atoms with Crippen molar-refractivity contribution in [3.63, 3.8) is 0 Å². The predicted octanol–water partition coefficient (Wildman–Crippen LogP) is 3.62. The number of nitrogens with one attached hydrogen (secondary N) is 1. The van der Waals surface area contributed by atoms with Crippen molar-refractivity contribution >= 4 is 20.3 Å². The largest absolute Gasteiger partial charge is 0.465 e. The number of carbonyl (C=O) groups is 2. The summed E-state index contributed by atoms with van der Waals surface area (Å²) in [5.41, 5.74) is 0. The summed E-state index contributed by atoms with van der Waals surface area (Å²) in [6.45, 7) is 11.5. The van der Waals surface area contributed by atoms with Gasteiger partial charge in [0.15, 0.2) is 0 Å². The molecular weight excluding hydrogens is 352 g/mol. The zero-order chi connectivity index (χ0) is 19.9. The van der Waals surface area contributed by atoms with Gasteiger partial charge >= 0.3 is 12.2 Å². The summed E-state index contributed by atoms with van der Waals surface area (Å²) in [4.78, 5) is 24.8. The first kappa shape index (κ1) is 22.8. The smallest absolute Gasteiger partial charge is 0.409 e. The summed E-state index contributed by atoms with van der Waals surface area (Å²) in [5.74, 6) is 0.377. The van der Waals surface area contributed by atoms with Crippen molar-refractivity contribution in [3.8, 4) is 0 Å². The lowest BCUT2D eigenvalue weighted by molar-refractivity contribution is -0.0551. The van der Waals surface area contributed by atoms with Crippen LogP contribution in [0.25, 0.3) is 0 Å². The Labute approximate surface area is 158 Å². The topological polar surface area (TPSA) is 88.1 Å². The van der Waals surface area contributed by atoms with Crippen LogP contribution in [0.5, 0.6) is 0 Å². The number of likely N-dealkylation sites (N-methyl/N-ethyl adjacent to an activating group) is 1. The monoisotopic (exact) mass is 388 g/mol. The fourth-order valence-corrected chi connectivity index (χ4v) is 4.17. The molecule has 0 saturated carbocycles. The Bertz CT molecular complexity index is 459. The summed E-state index contributed by atoms with van der Waals surface area (Å²) in [6.07, 6.45) is 1.41. The van der Waals surface area contributed by atoms with E-state index in [0.29, 0.717) is 25.5 Å². The van der Waals surface area contributed by atoms with Crippen LogP contribution >= 0.6 is 0 Å². The molecule has 0 aliphatic carbocycles. The molecule has 7 nitrogen and oxygen atoms in total. The molecule has 26 heavy (non-hydrogen) atoms. The van der Waals surface area contributed by atoms with E-state index in [1.165, 1.54) is 4.90 Å². The van der Waals surface area contributed by atoms with E-state index in [-0.39, 0.29) is 18.2 Å². The summed E-state index contributed by atoms with van der Waals surface area (Å²) < 4.78 is 11.1. The van der Waals surface area contributed by atoms with Crippen molar-refractivity contribution < 1.29 is 24.2 Å². The number of rotatable bonds is 8. The first-order valence-electron chi connectivity index (χ1n) is 9.49. The van der Waals surface area contributed by atoms with E-state index in [0.717, 1.165) is 18.9 Å². The molecule has 0 aromatic heterocycles. The highest BCUT2D eigenvalue weighted by molar-refractivity contribution is 6.76. The standard InChI is InChI=1S/C18H36N2O5Si/c1-13-9-15(10-14(2)25-13)11-16(19-17(21)22)12-20(3)18(23)24-7-8-26(4,5)6/h13-16,19H,7-12H2,1-6H3,(H,21,22)/t13-,14+,15-,16-/m0/s1. The molecule has 0 bridgehead atoms. The molecule has 152 valence electrons. The fourth-order valence-electron chi connectivity index (χ4n) is 3.45. The maximum absolute atomic E-state index is 12.2. The Morgan fingerprint density at radius 1 is 1.27 bits per heavy atom. The molecule has 0 unspecified atom stereocenters. The summed E-state index contributed by atoms with van der Waals surface area (Å²) in [6, 6.07) is 0.603. The van der Waals surface area contributed by atoms with Gasteiger partial charge in [0.1, 0.15) is 0 Å². The maximum Gasteiger partial charge on any atom is 0.409 e. The first-order valence-corrected chi connectivity index (χ1v) is 13.2. The fraction of sp³-hybridized carbons (Fsp3) is 0.889. The Morgan fingerprint density at radius 3 is 2.35 bits per heavy atom. The van der Waals surface area contributed by atoms with Gasteiger partial charge in [0.2, 0.25) is 0 Å². The van der Waals surface area contributed by atoms with Crippen molar-refractivity contribution in [3.05, 3.63) is 0 Å². The average molecular weight is 389 g/mol. The molecule has 2 amide bonds. The molecule has 1 saturated heterocycles. The Hall–Kier alpha value is -1.28. The van der Waals surface area contributed by atoms with Gasteiger partial charge in [-0.15, -0.1) is 0 Å². The van der Waals surface area contributed by atoms with Gasteiger partial charge in [0.25, 0.3) is 0 Å². The molecule has 1 aliphatic heterocycles. The summed E-state index contributed by atoms with van der Waals surface area (Å²) in [7, 11) is 0.402. The van der Waals surface area contributed by atoms with Gasteiger partial charge in [-0.05, 0) is 45.1 Å². The van der Waals surface area contributed by atoms with Crippen molar-refractivity contribution in [2.75, 3.05) is 20.2 Å². The lowest BCUT2D eigenvalue weighted by atomic mass is 9.87. The molecule has 0 aromatic carbocycles. The number of hydrogen-bond donors (Lipinski definition) is 2. The third kappa shape index (κ3) is 9.42. The maximum atomic E-state index is 12.2. The van der Waals surface area contributed by atoms with E-state index >= 15 is 0 Å². The van der Waals surface area contributed by atoms with Crippen LogP contribution in [0.4, 0.5) is 9.59 Å². The second kappa shape index (κ2) is 10.2. The van der Waals surface area contributed by atoms with E-state index < -0.39 is 20.3 Å². The van der Waals surface area contributed by atoms with E-state index in [4.69, 9.17) is 14.6 Å². The second-order valence-corrected chi connectivity index (χ2v) is 14.4. The predicted molar refractivity (Wildman–Crippen MR) is 104 cm³/mol. The van der Waals surface area contributed by atoms with Crippen molar-refractivity contribution in [2.45, 2.75) is 77.0 Å². The lowest BCUT2D eigenvalue weighted by Crippen LogP contribution is -2.46. The van der Waals surface area contributed by atoms with Crippen LogP contribution in [0.3, 0.4) is 0 Å². The van der Waals surface area contributed by atoms with Crippen LogP contribution in [0.2, 0.25) is 25.7 Å². The number of carbonyl (C=O) groups excluding carboxylic acids is 1. The van der Waals surface area contributed by atoms with Crippen LogP contribution < -0.4 is 5.32 Å². The number of carboxylic acid groups (broad SMARTS) is 1. The first-order chi connectivity index (χ1) is 12.0. The van der Waals surface area contributed by atoms with Crippen LogP contribution in [-0.4, -0.2) is 68.7 Å². The molecule has 2 N–H and O–H groups in total. The van der Waals surface area contributed by atoms with E-state index in [2.05, 4.69) is 25.0 Å². The molecule has 4 atom stereocenters. The molecule has 0 aromatic rings. The molecular formula is C18H36N2O5Si. The van der Waals surface area contributed by atoms with Gasteiger partial charge in [-0.25, -0.2) is 9.59 Å². The molecule has 0 radical (unpaired) electrons. The average Bonchev–Trinajstić information content (AvgIpc) is 2.43. The molecule has 8 heteroatoms. The second-order valence-electron chi connectivity index (χ2n) is 8.78. The Balaban J connectivity index is 2.54. The minimum Gasteiger partial charge on any atom is -0.465 e. The third-order valence-electron chi connectivity index (χ3n) is 4.62. The highest BCUT2D eigenvalue weighted by atomic mass is 28.3. The van der Waals surface area contributed by atoms with Crippen LogP contribution in [-0.2, 0) is 9.47 Å². The van der Waals surface area contributed by atoms with Gasteiger partial charge in [0.05, 0.1) is 24.9 Å². The van der Waals surface area contributed by atoms with E-state index in [1.54, 1.807) is 7.05 Å². The van der Waals surface area contributed by atoms with Gasteiger partial charge < -0.3 is 24.8 Å². The molecule has 1 fully saturated rings. The molecule has 1 heterocycles.